The summed E-state index contributed by atoms with van der Waals surface area (Å²) in [5.74, 6) is 0. The Morgan fingerprint density at radius 2 is 1.64 bits per heavy atom. The van der Waals surface area contributed by atoms with Gasteiger partial charge in [0.1, 0.15) is 0 Å². The molecule has 44 heavy (non-hydrogen) atoms. The van der Waals surface area contributed by atoms with Crippen LogP contribution < -0.4 is 16.8 Å². The maximum Gasteiger partial charge on any atom is 0.0654 e. The van der Waals surface area contributed by atoms with Crippen molar-refractivity contribution >= 4 is 39.2 Å². The van der Waals surface area contributed by atoms with Crippen LogP contribution in [0.15, 0.2) is 164 Å². The van der Waals surface area contributed by atoms with E-state index in [4.69, 9.17) is 11.5 Å². The molecule has 1 unspecified atom stereocenters. The van der Waals surface area contributed by atoms with Crippen LogP contribution in [-0.4, -0.2) is 10.6 Å². The summed E-state index contributed by atoms with van der Waals surface area (Å²) in [6.45, 7) is 8.57. The quantitative estimate of drug-likeness (QED) is 0.156. The molecule has 7 rings (SSSR count). The normalized spacial score (nSPS) is 19.4. The van der Waals surface area contributed by atoms with Crippen molar-refractivity contribution in [3.05, 3.63) is 181 Å². The predicted molar refractivity (Wildman–Crippen MR) is 187 cm³/mol. The maximum absolute atomic E-state index is 6.06. The number of fused-ring (bicyclic) bond motifs is 4. The van der Waals surface area contributed by atoms with Crippen molar-refractivity contribution in [2.24, 2.45) is 16.9 Å². The number of aromatic nitrogens is 1. The fourth-order valence-corrected chi connectivity index (χ4v) is 6.53. The second-order valence-electron chi connectivity index (χ2n) is 11.3. The summed E-state index contributed by atoms with van der Waals surface area (Å²) < 4.78 is 2.33. The van der Waals surface area contributed by atoms with Gasteiger partial charge in [0.2, 0.25) is 0 Å². The minimum absolute atomic E-state index is 0.157. The van der Waals surface area contributed by atoms with Crippen molar-refractivity contribution in [1.82, 2.24) is 9.88 Å². The topological polar surface area (TPSA) is 69.0 Å². The molecule has 5 aromatic rings. The first-order valence-electron chi connectivity index (χ1n) is 14.8. The average molecular weight is 571 g/mol. The van der Waals surface area contributed by atoms with Crippen LogP contribution in [0.25, 0.3) is 44.8 Å². The van der Waals surface area contributed by atoms with E-state index >= 15 is 0 Å². The number of nitrogens with zero attached hydrogens (tertiary/aromatic N) is 1. The van der Waals surface area contributed by atoms with E-state index in [0.29, 0.717) is 5.70 Å². The minimum Gasteiger partial charge on any atom is -0.403 e. The van der Waals surface area contributed by atoms with Crippen molar-refractivity contribution in [1.29, 1.82) is 0 Å². The van der Waals surface area contributed by atoms with Crippen LogP contribution in [0.2, 0.25) is 0 Å². The van der Waals surface area contributed by atoms with Crippen molar-refractivity contribution in [3.63, 3.8) is 0 Å². The molecule has 1 aromatic heterocycles. The standard InChI is InChI=1S/C40H34N4/c1-3-29(30-11-9-12-31(25-30)36(42)26-41)23-27(2)40-21-10-16-35(40)39(40)43-22-20-28-18-19-38-34(24-28)33-15-7-8-17-37(33)44(38)32-13-5-4-6-14-32/h3-26,39,43H,1-2,41-42H2/b22-20-,29-23+,36-26-/t39?,40-/m1/s1. The molecule has 1 fully saturated rings. The molecule has 0 amide bonds. The minimum atomic E-state index is -0.237. The third-order valence-corrected chi connectivity index (χ3v) is 8.84. The van der Waals surface area contributed by atoms with Gasteiger partial charge >= 0.3 is 0 Å². The van der Waals surface area contributed by atoms with Crippen LogP contribution in [0.5, 0.6) is 0 Å². The smallest absolute Gasteiger partial charge is 0.0654 e. The van der Waals surface area contributed by atoms with Gasteiger partial charge < -0.3 is 21.4 Å². The van der Waals surface area contributed by atoms with Gasteiger partial charge in [0.05, 0.1) is 28.2 Å². The molecular formula is C40H34N4. The summed E-state index contributed by atoms with van der Waals surface area (Å²) in [5.41, 5.74) is 21.9. The molecule has 1 saturated carbocycles. The molecule has 4 heteroatoms. The molecule has 2 atom stereocenters. The number of hydrogen-bond acceptors (Lipinski definition) is 3. The fourth-order valence-electron chi connectivity index (χ4n) is 6.53. The molecule has 2 aliphatic rings. The molecule has 2 aliphatic carbocycles. The first kappa shape index (κ1) is 27.1. The van der Waals surface area contributed by atoms with Gasteiger partial charge in [-0.25, -0.2) is 0 Å². The highest BCUT2D eigenvalue weighted by Gasteiger charge is 2.60. The second kappa shape index (κ2) is 10.8. The van der Waals surface area contributed by atoms with Gasteiger partial charge in [-0.1, -0.05) is 104 Å². The highest BCUT2D eigenvalue weighted by molar-refractivity contribution is 6.09. The Kier molecular flexibility index (Phi) is 6.67. The molecule has 0 aliphatic heterocycles. The van der Waals surface area contributed by atoms with Gasteiger partial charge in [0.15, 0.2) is 0 Å². The van der Waals surface area contributed by atoms with E-state index in [1.807, 2.05) is 30.3 Å². The molecular weight excluding hydrogens is 536 g/mol. The number of benzene rings is 4. The largest absolute Gasteiger partial charge is 0.403 e. The summed E-state index contributed by atoms with van der Waals surface area (Å²) in [6, 6.07) is 34.0. The van der Waals surface area contributed by atoms with E-state index in [-0.39, 0.29) is 11.5 Å². The lowest BCUT2D eigenvalue weighted by Crippen LogP contribution is -2.17. The van der Waals surface area contributed by atoms with Gasteiger partial charge in [-0.3, -0.25) is 0 Å². The molecule has 0 saturated heterocycles. The van der Waals surface area contributed by atoms with Crippen molar-refractivity contribution in [3.8, 4) is 5.69 Å². The molecule has 4 nitrogen and oxygen atoms in total. The monoisotopic (exact) mass is 570 g/mol. The SMILES string of the molecule is C=C/C(=C\C(=C)[C@]12C=CC=C1C2N/C=C\c1ccc2c(c1)c1ccccc1n2-c1ccccc1)c1cccc(/C(N)=C/N)c1. The molecule has 5 N–H and O–H groups in total. The number of para-hydroxylation sites is 2. The van der Waals surface area contributed by atoms with Crippen LogP contribution >= 0.6 is 0 Å². The van der Waals surface area contributed by atoms with Crippen molar-refractivity contribution in [2.45, 2.75) is 6.04 Å². The molecule has 1 heterocycles. The summed E-state index contributed by atoms with van der Waals surface area (Å²) in [7, 11) is 0. The Hall–Kier alpha value is -5.74. The zero-order valence-corrected chi connectivity index (χ0v) is 24.4. The zero-order chi connectivity index (χ0) is 30.3. The van der Waals surface area contributed by atoms with E-state index in [1.165, 1.54) is 33.6 Å². The number of hydrogen-bond donors (Lipinski definition) is 3. The van der Waals surface area contributed by atoms with Crippen LogP contribution in [0.1, 0.15) is 16.7 Å². The molecule has 4 aromatic carbocycles. The van der Waals surface area contributed by atoms with Gasteiger partial charge in [-0.15, -0.1) is 0 Å². The Morgan fingerprint density at radius 1 is 0.864 bits per heavy atom. The molecule has 214 valence electrons. The molecule has 0 bridgehead atoms. The second-order valence-corrected chi connectivity index (χ2v) is 11.3. The predicted octanol–water partition coefficient (Wildman–Crippen LogP) is 8.25. The number of allylic oxidation sites excluding steroid dienone is 5. The first-order valence-corrected chi connectivity index (χ1v) is 14.8. The lowest BCUT2D eigenvalue weighted by molar-refractivity contribution is 0.704. The lowest BCUT2D eigenvalue weighted by atomic mass is 9.92. The zero-order valence-electron chi connectivity index (χ0n) is 24.4. The fraction of sp³-hybridized carbons (Fsp3) is 0.0500. The van der Waals surface area contributed by atoms with E-state index in [0.717, 1.165) is 33.5 Å². The van der Waals surface area contributed by atoms with Gasteiger partial charge in [0, 0.05) is 22.7 Å². The molecule has 0 radical (unpaired) electrons. The lowest BCUT2D eigenvalue weighted by Gasteiger charge is -2.14. The van der Waals surface area contributed by atoms with E-state index in [2.05, 4.69) is 132 Å². The van der Waals surface area contributed by atoms with E-state index in [9.17, 15) is 0 Å². The van der Waals surface area contributed by atoms with E-state index in [1.54, 1.807) is 0 Å². The van der Waals surface area contributed by atoms with E-state index < -0.39 is 0 Å². The third-order valence-electron chi connectivity index (χ3n) is 8.84. The Morgan fingerprint density at radius 3 is 2.45 bits per heavy atom. The third kappa shape index (κ3) is 4.40. The Bertz CT molecular complexity index is 2100. The first-order chi connectivity index (χ1) is 21.5. The number of rotatable bonds is 9. The highest BCUT2D eigenvalue weighted by Crippen LogP contribution is 2.61. The number of nitrogens with one attached hydrogen (secondary N) is 1. The average Bonchev–Trinajstić information content (AvgIpc) is 3.33. The summed E-state index contributed by atoms with van der Waals surface area (Å²) in [5, 5.41) is 6.13. The summed E-state index contributed by atoms with van der Waals surface area (Å²) in [6.07, 6.45) is 16.2. The maximum atomic E-state index is 6.06. The van der Waals surface area contributed by atoms with Crippen molar-refractivity contribution in [2.75, 3.05) is 0 Å². The Labute approximate surface area is 258 Å². The van der Waals surface area contributed by atoms with Crippen LogP contribution in [0.4, 0.5) is 0 Å². The molecule has 0 spiro atoms. The summed E-state index contributed by atoms with van der Waals surface area (Å²) in [4.78, 5) is 0. The Balaban J connectivity index is 1.13. The van der Waals surface area contributed by atoms with Gasteiger partial charge in [0.25, 0.3) is 0 Å². The summed E-state index contributed by atoms with van der Waals surface area (Å²) >= 11 is 0. The van der Waals surface area contributed by atoms with Crippen LogP contribution in [-0.2, 0) is 0 Å². The highest BCUT2D eigenvalue weighted by atomic mass is 15.0. The van der Waals surface area contributed by atoms with Crippen LogP contribution in [0.3, 0.4) is 0 Å². The number of nitrogens with two attached hydrogens (primary N) is 2. The van der Waals surface area contributed by atoms with Crippen molar-refractivity contribution < 1.29 is 0 Å². The van der Waals surface area contributed by atoms with Gasteiger partial charge in [-0.05, 0) is 82.1 Å². The van der Waals surface area contributed by atoms with Gasteiger partial charge in [-0.2, -0.15) is 0 Å². The van der Waals surface area contributed by atoms with Crippen LogP contribution in [0, 0.1) is 5.41 Å².